The van der Waals surface area contributed by atoms with Crippen LogP contribution < -0.4 is 9.47 Å². The van der Waals surface area contributed by atoms with Gasteiger partial charge in [-0.3, -0.25) is 4.79 Å². The molecule has 0 spiro atoms. The number of carbonyl (C=O) groups is 1. The van der Waals surface area contributed by atoms with Crippen LogP contribution in [0.2, 0.25) is 0 Å². The van der Waals surface area contributed by atoms with E-state index in [2.05, 4.69) is 0 Å². The SMILES string of the molecule is CC(C)C(=O)[C@H](CO)Cc1ccc2c(c1)OCO2. The normalized spacial score (nSPS) is 14.9. The van der Waals surface area contributed by atoms with Crippen molar-refractivity contribution in [2.45, 2.75) is 20.3 Å². The fraction of sp³-hybridized carbons (Fsp3) is 0.500. The van der Waals surface area contributed by atoms with Gasteiger partial charge in [0.1, 0.15) is 5.78 Å². The van der Waals surface area contributed by atoms with Crippen LogP contribution in [0.1, 0.15) is 19.4 Å². The highest BCUT2D eigenvalue weighted by atomic mass is 16.7. The van der Waals surface area contributed by atoms with Gasteiger partial charge in [0.25, 0.3) is 0 Å². The van der Waals surface area contributed by atoms with Gasteiger partial charge in [0.05, 0.1) is 6.61 Å². The first-order valence-electron chi connectivity index (χ1n) is 6.15. The van der Waals surface area contributed by atoms with Gasteiger partial charge in [-0.1, -0.05) is 19.9 Å². The second-order valence-corrected chi connectivity index (χ2v) is 4.83. The molecule has 1 N–H and O–H groups in total. The molecule has 0 amide bonds. The quantitative estimate of drug-likeness (QED) is 0.865. The maximum atomic E-state index is 11.9. The van der Waals surface area contributed by atoms with Gasteiger partial charge < -0.3 is 14.6 Å². The van der Waals surface area contributed by atoms with Crippen molar-refractivity contribution in [1.29, 1.82) is 0 Å². The van der Waals surface area contributed by atoms with Crippen LogP contribution in [-0.2, 0) is 11.2 Å². The summed E-state index contributed by atoms with van der Waals surface area (Å²) in [5.41, 5.74) is 0.979. The van der Waals surface area contributed by atoms with Gasteiger partial charge in [0, 0.05) is 11.8 Å². The Bertz CT molecular complexity index is 439. The molecule has 1 heterocycles. The summed E-state index contributed by atoms with van der Waals surface area (Å²) >= 11 is 0. The maximum Gasteiger partial charge on any atom is 0.231 e. The average molecular weight is 250 g/mol. The molecule has 1 aromatic rings. The number of hydrogen-bond acceptors (Lipinski definition) is 4. The Morgan fingerprint density at radius 3 is 2.72 bits per heavy atom. The average Bonchev–Trinajstić information content (AvgIpc) is 2.82. The van der Waals surface area contributed by atoms with Crippen LogP contribution in [0.4, 0.5) is 0 Å². The van der Waals surface area contributed by atoms with Crippen molar-refractivity contribution in [2.24, 2.45) is 11.8 Å². The Morgan fingerprint density at radius 2 is 2.06 bits per heavy atom. The van der Waals surface area contributed by atoms with Crippen LogP contribution in [0.3, 0.4) is 0 Å². The molecular weight excluding hydrogens is 232 g/mol. The van der Waals surface area contributed by atoms with Gasteiger partial charge in [0.2, 0.25) is 6.79 Å². The molecule has 0 unspecified atom stereocenters. The number of rotatable bonds is 5. The molecule has 0 bridgehead atoms. The fourth-order valence-corrected chi connectivity index (χ4v) is 2.08. The van der Waals surface area contributed by atoms with Crippen LogP contribution in [0.15, 0.2) is 18.2 Å². The smallest absolute Gasteiger partial charge is 0.231 e. The summed E-state index contributed by atoms with van der Waals surface area (Å²) in [7, 11) is 0. The summed E-state index contributed by atoms with van der Waals surface area (Å²) in [5, 5.41) is 9.32. The predicted octanol–water partition coefficient (Wildman–Crippen LogP) is 1.79. The number of ketones is 1. The van der Waals surface area contributed by atoms with Gasteiger partial charge in [-0.25, -0.2) is 0 Å². The van der Waals surface area contributed by atoms with Crippen molar-refractivity contribution < 1.29 is 19.4 Å². The molecular formula is C14H18O4. The van der Waals surface area contributed by atoms with E-state index in [1.54, 1.807) is 0 Å². The van der Waals surface area contributed by atoms with E-state index in [0.717, 1.165) is 11.3 Å². The van der Waals surface area contributed by atoms with Crippen molar-refractivity contribution in [2.75, 3.05) is 13.4 Å². The third-order valence-electron chi connectivity index (χ3n) is 3.11. The minimum atomic E-state index is -0.342. The topological polar surface area (TPSA) is 55.8 Å². The number of aliphatic hydroxyl groups is 1. The minimum Gasteiger partial charge on any atom is -0.454 e. The highest BCUT2D eigenvalue weighted by Gasteiger charge is 2.22. The summed E-state index contributed by atoms with van der Waals surface area (Å²) in [4.78, 5) is 11.9. The lowest BCUT2D eigenvalue weighted by molar-refractivity contribution is -0.127. The third kappa shape index (κ3) is 2.64. The van der Waals surface area contributed by atoms with Gasteiger partial charge >= 0.3 is 0 Å². The summed E-state index contributed by atoms with van der Waals surface area (Å²) < 4.78 is 10.5. The molecule has 4 nitrogen and oxygen atoms in total. The van der Waals surface area contributed by atoms with Crippen LogP contribution in [-0.4, -0.2) is 24.3 Å². The molecule has 0 radical (unpaired) electrons. The molecule has 0 aliphatic carbocycles. The van der Waals surface area contributed by atoms with E-state index in [1.807, 2.05) is 32.0 Å². The number of ether oxygens (including phenoxy) is 2. The van der Waals surface area contributed by atoms with Gasteiger partial charge in [-0.05, 0) is 24.1 Å². The van der Waals surface area contributed by atoms with E-state index in [9.17, 15) is 9.90 Å². The number of fused-ring (bicyclic) bond motifs is 1. The zero-order chi connectivity index (χ0) is 13.1. The van der Waals surface area contributed by atoms with Gasteiger partial charge in [-0.15, -0.1) is 0 Å². The molecule has 0 aromatic heterocycles. The zero-order valence-electron chi connectivity index (χ0n) is 10.7. The fourth-order valence-electron chi connectivity index (χ4n) is 2.08. The standard InChI is InChI=1S/C14H18O4/c1-9(2)14(16)11(7-15)5-10-3-4-12-13(6-10)18-8-17-12/h3-4,6,9,11,15H,5,7-8H2,1-2H3/t11-/m0/s1. The Hall–Kier alpha value is -1.55. The first-order valence-corrected chi connectivity index (χ1v) is 6.15. The molecule has 1 aliphatic rings. The van der Waals surface area contributed by atoms with Gasteiger partial charge in [-0.2, -0.15) is 0 Å². The predicted molar refractivity (Wildman–Crippen MR) is 66.7 cm³/mol. The Balaban J connectivity index is 2.10. The van der Waals surface area contributed by atoms with E-state index >= 15 is 0 Å². The molecule has 0 fully saturated rings. The third-order valence-corrected chi connectivity index (χ3v) is 3.11. The number of aliphatic hydroxyl groups excluding tert-OH is 1. The maximum absolute atomic E-state index is 11.9. The Kier molecular flexibility index (Phi) is 3.87. The summed E-state index contributed by atoms with van der Waals surface area (Å²) in [6, 6.07) is 5.62. The van der Waals surface area contributed by atoms with Crippen LogP contribution in [0.25, 0.3) is 0 Å². The first kappa shape index (κ1) is 12.9. The Labute approximate surface area is 107 Å². The van der Waals surface area contributed by atoms with Gasteiger partial charge in [0.15, 0.2) is 11.5 Å². The summed E-state index contributed by atoms with van der Waals surface area (Å²) in [5.74, 6) is 1.13. The lowest BCUT2D eigenvalue weighted by Gasteiger charge is -2.15. The lowest BCUT2D eigenvalue weighted by Crippen LogP contribution is -2.25. The van der Waals surface area contributed by atoms with E-state index in [0.29, 0.717) is 12.2 Å². The highest BCUT2D eigenvalue weighted by molar-refractivity contribution is 5.83. The van der Waals surface area contributed by atoms with Crippen molar-refractivity contribution in [1.82, 2.24) is 0 Å². The van der Waals surface area contributed by atoms with Crippen molar-refractivity contribution in [3.8, 4) is 11.5 Å². The number of Topliss-reactive ketones (excluding diaryl/α,β-unsaturated/α-hetero) is 1. The molecule has 4 heteroatoms. The number of carbonyl (C=O) groups excluding carboxylic acids is 1. The van der Waals surface area contributed by atoms with Crippen molar-refractivity contribution >= 4 is 5.78 Å². The second kappa shape index (κ2) is 5.40. The second-order valence-electron chi connectivity index (χ2n) is 4.83. The summed E-state index contributed by atoms with van der Waals surface area (Å²) in [6.45, 7) is 3.83. The molecule has 0 saturated carbocycles. The van der Waals surface area contributed by atoms with E-state index in [4.69, 9.17) is 9.47 Å². The van der Waals surface area contributed by atoms with Crippen molar-refractivity contribution in [3.05, 3.63) is 23.8 Å². The van der Waals surface area contributed by atoms with Crippen LogP contribution in [0.5, 0.6) is 11.5 Å². The molecule has 1 aliphatic heterocycles. The minimum absolute atomic E-state index is 0.0591. The van der Waals surface area contributed by atoms with Crippen LogP contribution >= 0.6 is 0 Å². The lowest BCUT2D eigenvalue weighted by atomic mass is 9.90. The Morgan fingerprint density at radius 1 is 1.33 bits per heavy atom. The van der Waals surface area contributed by atoms with Crippen LogP contribution in [0, 0.1) is 11.8 Å². The molecule has 2 rings (SSSR count). The molecule has 1 atom stereocenters. The highest BCUT2D eigenvalue weighted by Crippen LogP contribution is 2.33. The molecule has 18 heavy (non-hydrogen) atoms. The molecule has 1 aromatic carbocycles. The van der Waals surface area contributed by atoms with Crippen molar-refractivity contribution in [3.63, 3.8) is 0 Å². The zero-order valence-corrected chi connectivity index (χ0v) is 10.7. The first-order chi connectivity index (χ1) is 8.61. The summed E-state index contributed by atoms with van der Waals surface area (Å²) in [6.07, 6.45) is 0.532. The number of hydrogen-bond donors (Lipinski definition) is 1. The van der Waals surface area contributed by atoms with E-state index in [1.165, 1.54) is 0 Å². The molecule has 0 saturated heterocycles. The largest absolute Gasteiger partial charge is 0.454 e. The van der Waals surface area contributed by atoms with E-state index in [-0.39, 0.29) is 31.0 Å². The molecule has 98 valence electrons. The number of benzene rings is 1. The van der Waals surface area contributed by atoms with E-state index < -0.39 is 0 Å². The monoisotopic (exact) mass is 250 g/mol.